The van der Waals surface area contributed by atoms with Crippen molar-refractivity contribution >= 4 is 5.71 Å². The Hall–Kier alpha value is -2.29. The number of aryl methyl sites for hydroxylation is 1. The molecule has 0 aliphatic heterocycles. The number of halogens is 1. The van der Waals surface area contributed by atoms with E-state index >= 15 is 0 Å². The Morgan fingerprint density at radius 3 is 2.50 bits per heavy atom. The van der Waals surface area contributed by atoms with Crippen molar-refractivity contribution in [3.8, 4) is 11.1 Å². The lowest BCUT2D eigenvalue weighted by Gasteiger charge is -2.15. The summed E-state index contributed by atoms with van der Waals surface area (Å²) >= 11 is 0. The van der Waals surface area contributed by atoms with E-state index in [0.29, 0.717) is 11.4 Å². The zero-order valence-electron chi connectivity index (χ0n) is 13.4. The number of rotatable bonds is 4. The van der Waals surface area contributed by atoms with Crippen LogP contribution in [-0.4, -0.2) is 10.7 Å². The lowest BCUT2D eigenvalue weighted by molar-refractivity contribution is 0.214. The molecule has 0 bridgehead atoms. The van der Waals surface area contributed by atoms with E-state index in [1.165, 1.54) is 13.8 Å². The Balaban J connectivity index is 2.50. The van der Waals surface area contributed by atoms with Crippen LogP contribution in [0.1, 0.15) is 37.6 Å². The van der Waals surface area contributed by atoms with Crippen LogP contribution in [0.3, 0.4) is 0 Å². The first-order chi connectivity index (χ1) is 10.3. The second-order valence-electron chi connectivity index (χ2n) is 5.85. The van der Waals surface area contributed by atoms with Gasteiger partial charge in [0.2, 0.25) is 0 Å². The van der Waals surface area contributed by atoms with Gasteiger partial charge in [-0.3, -0.25) is 4.98 Å². The van der Waals surface area contributed by atoms with E-state index in [2.05, 4.69) is 4.98 Å². The minimum absolute atomic E-state index is 0.413. The van der Waals surface area contributed by atoms with E-state index in [-0.39, 0.29) is 0 Å². The molecule has 114 valence electrons. The molecule has 0 unspecified atom stereocenters. The van der Waals surface area contributed by atoms with Crippen LogP contribution in [-0.2, 0) is 5.67 Å². The summed E-state index contributed by atoms with van der Waals surface area (Å²) in [6.45, 7) is 6.88. The van der Waals surface area contributed by atoms with Gasteiger partial charge in [-0.1, -0.05) is 18.2 Å². The van der Waals surface area contributed by atoms with Crippen LogP contribution in [0.2, 0.25) is 0 Å². The van der Waals surface area contributed by atoms with E-state index in [1.807, 2.05) is 44.2 Å². The van der Waals surface area contributed by atoms with Gasteiger partial charge in [0.05, 0.1) is 11.4 Å². The Kier molecular flexibility index (Phi) is 4.55. The molecule has 0 aliphatic carbocycles. The first kappa shape index (κ1) is 16.1. The van der Waals surface area contributed by atoms with E-state index in [1.54, 1.807) is 18.3 Å². The quantitative estimate of drug-likeness (QED) is 0.773. The third-order valence-corrected chi connectivity index (χ3v) is 3.56. The smallest absolute Gasteiger partial charge is 0.147 e. The Bertz CT molecular complexity index is 724. The molecule has 2 nitrogen and oxygen atoms in total. The number of nitrogens with one attached hydrogen (secondary N) is 1. The van der Waals surface area contributed by atoms with Crippen LogP contribution in [0.5, 0.6) is 0 Å². The minimum Gasteiger partial charge on any atom is -0.300 e. The van der Waals surface area contributed by atoms with Crippen molar-refractivity contribution < 1.29 is 4.39 Å². The molecular weight excluding hydrogens is 275 g/mol. The van der Waals surface area contributed by atoms with E-state index in [0.717, 1.165) is 22.3 Å². The minimum atomic E-state index is -1.47. The third-order valence-electron chi connectivity index (χ3n) is 3.56. The molecule has 0 saturated carbocycles. The number of allylic oxidation sites excluding steroid dienone is 2. The zero-order valence-corrected chi connectivity index (χ0v) is 13.4. The van der Waals surface area contributed by atoms with Crippen molar-refractivity contribution in [2.75, 3.05) is 0 Å². The SMILES string of the molecule is C/C=C\C(=N)c1cc(-c2ccnc(C(C)(C)F)c2)ccc1C. The lowest BCUT2D eigenvalue weighted by Crippen LogP contribution is -2.11. The Morgan fingerprint density at radius 1 is 1.18 bits per heavy atom. The first-order valence-corrected chi connectivity index (χ1v) is 7.31. The first-order valence-electron chi connectivity index (χ1n) is 7.31. The predicted octanol–water partition coefficient (Wildman–Crippen LogP) is 5.21. The fraction of sp³-hybridized carbons (Fsp3) is 0.263. The molecule has 0 fully saturated rings. The molecule has 22 heavy (non-hydrogen) atoms. The maximum absolute atomic E-state index is 14.1. The summed E-state index contributed by atoms with van der Waals surface area (Å²) in [5, 5.41) is 8.11. The van der Waals surface area contributed by atoms with Crippen molar-refractivity contribution in [1.29, 1.82) is 5.41 Å². The molecular formula is C19H21FN2. The van der Waals surface area contributed by atoms with Crippen molar-refractivity contribution in [2.24, 2.45) is 0 Å². The molecule has 1 aromatic carbocycles. The highest BCUT2D eigenvalue weighted by molar-refractivity contribution is 6.08. The van der Waals surface area contributed by atoms with Gasteiger partial charge in [0.1, 0.15) is 5.67 Å². The molecule has 1 N–H and O–H groups in total. The lowest BCUT2D eigenvalue weighted by atomic mass is 9.95. The van der Waals surface area contributed by atoms with Crippen LogP contribution in [0, 0.1) is 12.3 Å². The number of aromatic nitrogens is 1. The fourth-order valence-electron chi connectivity index (χ4n) is 2.28. The van der Waals surface area contributed by atoms with Crippen molar-refractivity contribution in [1.82, 2.24) is 4.98 Å². The average Bonchev–Trinajstić information content (AvgIpc) is 2.47. The predicted molar refractivity (Wildman–Crippen MR) is 90.2 cm³/mol. The van der Waals surface area contributed by atoms with Gasteiger partial charge in [-0.25, -0.2) is 4.39 Å². The number of nitrogens with zero attached hydrogens (tertiary/aromatic N) is 1. The molecule has 1 heterocycles. The molecule has 1 aromatic heterocycles. The van der Waals surface area contributed by atoms with Crippen molar-refractivity contribution in [2.45, 2.75) is 33.4 Å². The monoisotopic (exact) mass is 296 g/mol. The Labute approximate surface area is 131 Å². The summed E-state index contributed by atoms with van der Waals surface area (Å²) in [4.78, 5) is 4.11. The second kappa shape index (κ2) is 6.22. The summed E-state index contributed by atoms with van der Waals surface area (Å²) in [5.41, 5.74) is 3.22. The average molecular weight is 296 g/mol. The zero-order chi connectivity index (χ0) is 16.3. The summed E-state index contributed by atoms with van der Waals surface area (Å²) in [7, 11) is 0. The van der Waals surface area contributed by atoms with Gasteiger partial charge in [0.15, 0.2) is 0 Å². The van der Waals surface area contributed by atoms with Gasteiger partial charge in [-0.05, 0) is 68.7 Å². The highest BCUT2D eigenvalue weighted by atomic mass is 19.1. The highest BCUT2D eigenvalue weighted by Gasteiger charge is 2.20. The standard InChI is InChI=1S/C19H21FN2/c1-5-6-17(21)16-11-14(8-7-13(16)2)15-9-10-22-18(12-15)19(3,4)20/h5-12,21H,1-4H3/b6-5-,21-17?. The topological polar surface area (TPSA) is 36.7 Å². The van der Waals surface area contributed by atoms with Gasteiger partial charge in [0.25, 0.3) is 0 Å². The van der Waals surface area contributed by atoms with E-state index < -0.39 is 5.67 Å². The summed E-state index contributed by atoms with van der Waals surface area (Å²) in [5.74, 6) is 0. The number of hydrogen-bond acceptors (Lipinski definition) is 2. The maximum Gasteiger partial charge on any atom is 0.147 e. The molecule has 0 radical (unpaired) electrons. The van der Waals surface area contributed by atoms with Crippen LogP contribution in [0.4, 0.5) is 4.39 Å². The van der Waals surface area contributed by atoms with Crippen molar-refractivity contribution in [3.63, 3.8) is 0 Å². The maximum atomic E-state index is 14.1. The van der Waals surface area contributed by atoms with Gasteiger partial charge in [0, 0.05) is 11.8 Å². The molecule has 0 amide bonds. The largest absolute Gasteiger partial charge is 0.300 e. The number of alkyl halides is 1. The normalized spacial score (nSPS) is 11.9. The molecule has 0 aliphatic rings. The fourth-order valence-corrected chi connectivity index (χ4v) is 2.28. The van der Waals surface area contributed by atoms with E-state index in [9.17, 15) is 4.39 Å². The van der Waals surface area contributed by atoms with Crippen LogP contribution in [0.25, 0.3) is 11.1 Å². The van der Waals surface area contributed by atoms with Crippen molar-refractivity contribution in [3.05, 3.63) is 65.5 Å². The molecule has 3 heteroatoms. The van der Waals surface area contributed by atoms with Gasteiger partial charge >= 0.3 is 0 Å². The summed E-state index contributed by atoms with van der Waals surface area (Å²) in [6.07, 6.45) is 5.25. The Morgan fingerprint density at radius 2 is 1.86 bits per heavy atom. The number of benzene rings is 1. The summed E-state index contributed by atoms with van der Waals surface area (Å²) < 4.78 is 14.1. The van der Waals surface area contributed by atoms with E-state index in [4.69, 9.17) is 5.41 Å². The molecule has 2 rings (SSSR count). The van der Waals surface area contributed by atoms with Crippen LogP contribution >= 0.6 is 0 Å². The molecule has 0 atom stereocenters. The van der Waals surface area contributed by atoms with Crippen LogP contribution < -0.4 is 0 Å². The van der Waals surface area contributed by atoms with Gasteiger partial charge < -0.3 is 5.41 Å². The van der Waals surface area contributed by atoms with Gasteiger partial charge in [-0.2, -0.15) is 0 Å². The number of pyridine rings is 1. The molecule has 0 saturated heterocycles. The number of hydrogen-bond donors (Lipinski definition) is 1. The third kappa shape index (κ3) is 3.48. The highest BCUT2D eigenvalue weighted by Crippen LogP contribution is 2.28. The van der Waals surface area contributed by atoms with Gasteiger partial charge in [-0.15, -0.1) is 0 Å². The van der Waals surface area contributed by atoms with Crippen LogP contribution in [0.15, 0.2) is 48.7 Å². The second-order valence-corrected chi connectivity index (χ2v) is 5.85. The molecule has 2 aromatic rings. The summed E-state index contributed by atoms with van der Waals surface area (Å²) in [6, 6.07) is 9.59. The molecule has 0 spiro atoms.